The zero-order valence-electron chi connectivity index (χ0n) is 15.4. The van der Waals surface area contributed by atoms with Gasteiger partial charge in [-0.15, -0.1) is 0 Å². The lowest BCUT2D eigenvalue weighted by atomic mass is 10.2. The van der Waals surface area contributed by atoms with Crippen molar-refractivity contribution < 1.29 is 13.2 Å². The van der Waals surface area contributed by atoms with Crippen LogP contribution in [0.5, 0.6) is 0 Å². The summed E-state index contributed by atoms with van der Waals surface area (Å²) in [5, 5.41) is 2.87. The fourth-order valence-corrected chi connectivity index (χ4v) is 3.87. The van der Waals surface area contributed by atoms with Crippen LogP contribution < -0.4 is 14.5 Å². The third kappa shape index (κ3) is 5.63. The van der Waals surface area contributed by atoms with Crippen molar-refractivity contribution in [3.63, 3.8) is 0 Å². The molecule has 0 aromatic heterocycles. The lowest BCUT2D eigenvalue weighted by Gasteiger charge is -2.24. The molecule has 1 N–H and O–H groups in total. The van der Waals surface area contributed by atoms with Gasteiger partial charge in [-0.25, -0.2) is 8.42 Å². The lowest BCUT2D eigenvalue weighted by molar-refractivity contribution is -0.121. The first kappa shape index (κ1) is 19.6. The van der Waals surface area contributed by atoms with Crippen LogP contribution in [-0.2, 0) is 14.8 Å². The maximum absolute atomic E-state index is 12.1. The molecule has 1 fully saturated rings. The van der Waals surface area contributed by atoms with Crippen LogP contribution in [0.4, 0.5) is 11.4 Å². The zero-order valence-corrected chi connectivity index (χ0v) is 16.2. The Kier molecular flexibility index (Phi) is 6.70. The highest BCUT2D eigenvalue weighted by Crippen LogP contribution is 2.25. The van der Waals surface area contributed by atoms with Gasteiger partial charge in [0.05, 0.1) is 11.9 Å². The van der Waals surface area contributed by atoms with E-state index in [2.05, 4.69) is 10.2 Å². The van der Waals surface area contributed by atoms with Gasteiger partial charge in [-0.05, 0) is 50.5 Å². The second-order valence-electron chi connectivity index (χ2n) is 6.67. The summed E-state index contributed by atoms with van der Waals surface area (Å²) in [7, 11) is -3.44. The second kappa shape index (κ2) is 8.56. The molecule has 1 unspecified atom stereocenters. The van der Waals surface area contributed by atoms with Gasteiger partial charge in [0.1, 0.15) is 0 Å². The quantitative estimate of drug-likeness (QED) is 0.766. The topological polar surface area (TPSA) is 69.7 Å². The van der Waals surface area contributed by atoms with E-state index in [1.54, 1.807) is 0 Å². The Morgan fingerprint density at radius 3 is 2.36 bits per heavy atom. The summed E-state index contributed by atoms with van der Waals surface area (Å²) in [6.45, 7) is 6.17. The normalized spacial score (nSPS) is 15.9. The van der Waals surface area contributed by atoms with Gasteiger partial charge in [-0.3, -0.25) is 9.10 Å². The van der Waals surface area contributed by atoms with Gasteiger partial charge in [0.2, 0.25) is 15.9 Å². The molecule has 1 amide bonds. The maximum atomic E-state index is 12.1. The van der Waals surface area contributed by atoms with Gasteiger partial charge in [-0.1, -0.05) is 6.92 Å². The van der Waals surface area contributed by atoms with Crippen molar-refractivity contribution in [2.24, 2.45) is 0 Å². The minimum absolute atomic E-state index is 0.0962. The van der Waals surface area contributed by atoms with Crippen LogP contribution in [0.15, 0.2) is 24.3 Å². The number of carbonyl (C=O) groups is 1. The molecule has 1 aromatic rings. The highest BCUT2D eigenvalue weighted by Gasteiger charge is 2.20. The number of amides is 1. The molecule has 140 valence electrons. The summed E-state index contributed by atoms with van der Waals surface area (Å²) in [6, 6.07) is 7.65. The molecule has 1 saturated heterocycles. The molecule has 1 heterocycles. The molecule has 0 spiro atoms. The summed E-state index contributed by atoms with van der Waals surface area (Å²) in [5.41, 5.74) is 1.71. The standard InChI is InChI=1S/C18H29N3O3S/c1-4-15(2)19-18(22)11-14-21(25(3,23)24)17-9-7-16(8-10-17)20-12-5-6-13-20/h7-10,15H,4-6,11-14H2,1-3H3,(H,19,22). The minimum Gasteiger partial charge on any atom is -0.372 e. The van der Waals surface area contributed by atoms with Crippen molar-refractivity contribution in [2.75, 3.05) is 35.1 Å². The average Bonchev–Trinajstić information content (AvgIpc) is 3.08. The Labute approximate surface area is 151 Å². The molecule has 2 rings (SSSR count). The third-order valence-corrected chi connectivity index (χ3v) is 5.77. The van der Waals surface area contributed by atoms with Crippen molar-refractivity contribution in [3.8, 4) is 0 Å². The molecule has 1 atom stereocenters. The molecular weight excluding hydrogens is 338 g/mol. The van der Waals surface area contributed by atoms with E-state index >= 15 is 0 Å². The van der Waals surface area contributed by atoms with Crippen LogP contribution in [0.2, 0.25) is 0 Å². The molecule has 1 aromatic carbocycles. The predicted molar refractivity (Wildman–Crippen MR) is 103 cm³/mol. The van der Waals surface area contributed by atoms with Crippen LogP contribution in [0.25, 0.3) is 0 Å². The van der Waals surface area contributed by atoms with E-state index in [9.17, 15) is 13.2 Å². The Morgan fingerprint density at radius 2 is 1.84 bits per heavy atom. The summed E-state index contributed by atoms with van der Waals surface area (Å²) in [4.78, 5) is 14.3. The Bertz CT molecular complexity index is 667. The van der Waals surface area contributed by atoms with Gasteiger partial charge in [0.25, 0.3) is 0 Å². The molecule has 25 heavy (non-hydrogen) atoms. The van der Waals surface area contributed by atoms with Crippen molar-refractivity contribution in [1.82, 2.24) is 5.32 Å². The molecule has 0 radical (unpaired) electrons. The van der Waals surface area contributed by atoms with Gasteiger partial charge in [-0.2, -0.15) is 0 Å². The SMILES string of the molecule is CCC(C)NC(=O)CCN(c1ccc(N2CCCC2)cc1)S(C)(=O)=O. The molecule has 0 bridgehead atoms. The van der Waals surface area contributed by atoms with Gasteiger partial charge in [0.15, 0.2) is 0 Å². The van der Waals surface area contributed by atoms with Crippen molar-refractivity contribution in [2.45, 2.75) is 45.6 Å². The van der Waals surface area contributed by atoms with Crippen LogP contribution in [0, 0.1) is 0 Å². The van der Waals surface area contributed by atoms with Crippen molar-refractivity contribution >= 4 is 27.3 Å². The molecule has 1 aliphatic heterocycles. The number of anilines is 2. The fraction of sp³-hybridized carbons (Fsp3) is 0.611. The van der Waals surface area contributed by atoms with E-state index in [0.29, 0.717) is 5.69 Å². The van der Waals surface area contributed by atoms with Gasteiger partial charge in [0, 0.05) is 37.8 Å². The second-order valence-corrected chi connectivity index (χ2v) is 8.58. The van der Waals surface area contributed by atoms with Crippen molar-refractivity contribution in [1.29, 1.82) is 0 Å². The summed E-state index contributed by atoms with van der Waals surface area (Å²) in [6.07, 6.45) is 4.56. The smallest absolute Gasteiger partial charge is 0.232 e. The minimum atomic E-state index is -3.44. The lowest BCUT2D eigenvalue weighted by Crippen LogP contribution is -2.37. The number of hydrogen-bond donors (Lipinski definition) is 1. The largest absolute Gasteiger partial charge is 0.372 e. The fourth-order valence-electron chi connectivity index (χ4n) is 2.94. The predicted octanol–water partition coefficient (Wildman–Crippen LogP) is 2.36. The Hall–Kier alpha value is -1.76. The van der Waals surface area contributed by atoms with Crippen LogP contribution in [-0.4, -0.2) is 46.3 Å². The van der Waals surface area contributed by atoms with E-state index < -0.39 is 10.0 Å². The maximum Gasteiger partial charge on any atom is 0.232 e. The highest BCUT2D eigenvalue weighted by molar-refractivity contribution is 7.92. The van der Waals surface area contributed by atoms with Gasteiger partial charge < -0.3 is 10.2 Å². The number of nitrogens with zero attached hydrogens (tertiary/aromatic N) is 2. The van der Waals surface area contributed by atoms with E-state index in [1.165, 1.54) is 23.4 Å². The van der Waals surface area contributed by atoms with E-state index in [4.69, 9.17) is 0 Å². The molecule has 0 saturated carbocycles. The summed E-state index contributed by atoms with van der Waals surface area (Å²) < 4.78 is 25.6. The number of benzene rings is 1. The first-order valence-corrected chi connectivity index (χ1v) is 10.8. The summed E-state index contributed by atoms with van der Waals surface area (Å²) >= 11 is 0. The first-order chi connectivity index (χ1) is 11.8. The van der Waals surface area contributed by atoms with Gasteiger partial charge >= 0.3 is 0 Å². The van der Waals surface area contributed by atoms with E-state index in [-0.39, 0.29) is 24.9 Å². The number of sulfonamides is 1. The Balaban J connectivity index is 2.05. The number of hydrogen-bond acceptors (Lipinski definition) is 4. The van der Waals surface area contributed by atoms with Crippen molar-refractivity contribution in [3.05, 3.63) is 24.3 Å². The number of carbonyl (C=O) groups excluding carboxylic acids is 1. The van der Waals surface area contributed by atoms with Crippen LogP contribution in [0.1, 0.15) is 39.5 Å². The number of nitrogens with one attached hydrogen (secondary N) is 1. The van der Waals surface area contributed by atoms with Crippen LogP contribution in [0.3, 0.4) is 0 Å². The monoisotopic (exact) mass is 367 g/mol. The molecule has 6 nitrogen and oxygen atoms in total. The van der Waals surface area contributed by atoms with Crippen LogP contribution >= 0.6 is 0 Å². The number of rotatable bonds is 8. The third-order valence-electron chi connectivity index (χ3n) is 4.57. The molecular formula is C18H29N3O3S. The first-order valence-electron chi connectivity index (χ1n) is 8.93. The molecule has 1 aliphatic rings. The molecule has 7 heteroatoms. The summed E-state index contributed by atoms with van der Waals surface area (Å²) in [5.74, 6) is -0.128. The van der Waals surface area contributed by atoms with E-state index in [0.717, 1.165) is 25.2 Å². The Morgan fingerprint density at radius 1 is 1.24 bits per heavy atom. The average molecular weight is 368 g/mol. The highest BCUT2D eigenvalue weighted by atomic mass is 32.2. The zero-order chi connectivity index (χ0) is 18.4. The van der Waals surface area contributed by atoms with E-state index in [1.807, 2.05) is 38.1 Å². The molecule has 0 aliphatic carbocycles.